The van der Waals surface area contributed by atoms with Crippen LogP contribution in [0.3, 0.4) is 0 Å². The van der Waals surface area contributed by atoms with Crippen molar-refractivity contribution in [1.82, 2.24) is 10.2 Å². The summed E-state index contributed by atoms with van der Waals surface area (Å²) in [7, 11) is 0. The lowest BCUT2D eigenvalue weighted by Crippen LogP contribution is -2.54. The first-order valence-corrected chi connectivity index (χ1v) is 12.0. The van der Waals surface area contributed by atoms with E-state index in [9.17, 15) is 19.7 Å². The highest BCUT2D eigenvalue weighted by atomic mass is 35.5. The maximum atomic E-state index is 13.8. The molecule has 0 heterocycles. The van der Waals surface area contributed by atoms with Gasteiger partial charge < -0.3 is 10.2 Å². The summed E-state index contributed by atoms with van der Waals surface area (Å²) in [4.78, 5) is 39.9. The van der Waals surface area contributed by atoms with E-state index in [1.54, 1.807) is 36.4 Å². The second-order valence-corrected chi connectivity index (χ2v) is 10.1. The van der Waals surface area contributed by atoms with Gasteiger partial charge in [0.15, 0.2) is 0 Å². The normalized spacial score (nSPS) is 12.0. The van der Waals surface area contributed by atoms with E-state index in [4.69, 9.17) is 11.6 Å². The molecule has 0 bridgehead atoms. The highest BCUT2D eigenvalue weighted by Crippen LogP contribution is 2.22. The molecule has 0 aromatic heterocycles. The Morgan fingerprint density at radius 3 is 2.25 bits per heavy atom. The van der Waals surface area contributed by atoms with E-state index in [2.05, 4.69) is 5.32 Å². The van der Waals surface area contributed by atoms with Crippen LogP contribution < -0.4 is 5.32 Å². The molecule has 1 N–H and O–H groups in total. The van der Waals surface area contributed by atoms with Gasteiger partial charge in [0, 0.05) is 35.2 Å². The summed E-state index contributed by atoms with van der Waals surface area (Å²) in [6, 6.07) is 21.9. The van der Waals surface area contributed by atoms with Crippen LogP contribution in [0.2, 0.25) is 5.02 Å². The van der Waals surface area contributed by atoms with Crippen molar-refractivity contribution in [3.8, 4) is 0 Å². The third-order valence-electron chi connectivity index (χ3n) is 5.54. The largest absolute Gasteiger partial charge is 0.350 e. The fourth-order valence-electron chi connectivity index (χ4n) is 3.94. The number of nitrogens with zero attached hydrogens (tertiary/aromatic N) is 2. The smallest absolute Gasteiger partial charge is 0.273 e. The van der Waals surface area contributed by atoms with Crippen molar-refractivity contribution in [2.24, 2.45) is 0 Å². The summed E-state index contributed by atoms with van der Waals surface area (Å²) < 4.78 is 0. The molecule has 1 atom stereocenters. The van der Waals surface area contributed by atoms with Gasteiger partial charge in [0.25, 0.3) is 5.69 Å². The minimum absolute atomic E-state index is 0.120. The van der Waals surface area contributed by atoms with Crippen LogP contribution in [0.15, 0.2) is 78.9 Å². The van der Waals surface area contributed by atoms with Crippen LogP contribution in [0.4, 0.5) is 5.69 Å². The average molecular weight is 508 g/mol. The van der Waals surface area contributed by atoms with Crippen LogP contribution in [-0.2, 0) is 29.0 Å². The summed E-state index contributed by atoms with van der Waals surface area (Å²) in [5, 5.41) is 15.1. The van der Waals surface area contributed by atoms with Gasteiger partial charge in [-0.1, -0.05) is 72.3 Å². The molecule has 0 saturated carbocycles. The number of halogens is 1. The molecule has 0 aliphatic carbocycles. The van der Waals surface area contributed by atoms with E-state index >= 15 is 0 Å². The number of para-hydroxylation sites is 1. The SMILES string of the molecule is CC(C)(C)NC(=O)C(Cc1ccccc1)N(Cc1cccc(Cl)c1)C(=O)Cc1ccccc1[N+](=O)[O-]. The molecular formula is C28H30ClN3O4. The van der Waals surface area contributed by atoms with E-state index in [0.29, 0.717) is 10.6 Å². The fourth-order valence-corrected chi connectivity index (χ4v) is 4.15. The van der Waals surface area contributed by atoms with Crippen LogP contribution in [0.1, 0.15) is 37.5 Å². The van der Waals surface area contributed by atoms with Crippen LogP contribution in [0, 0.1) is 10.1 Å². The van der Waals surface area contributed by atoms with Gasteiger partial charge in [-0.2, -0.15) is 0 Å². The first kappa shape index (κ1) is 26.9. The Kier molecular flexibility index (Phi) is 8.83. The average Bonchev–Trinajstić information content (AvgIpc) is 2.81. The zero-order chi connectivity index (χ0) is 26.3. The van der Waals surface area contributed by atoms with Gasteiger partial charge in [-0.3, -0.25) is 19.7 Å². The summed E-state index contributed by atoms with van der Waals surface area (Å²) in [5.74, 6) is -0.696. The van der Waals surface area contributed by atoms with Crippen molar-refractivity contribution in [2.45, 2.75) is 51.7 Å². The molecule has 7 nitrogen and oxygen atoms in total. The molecule has 36 heavy (non-hydrogen) atoms. The molecular weight excluding hydrogens is 478 g/mol. The Balaban J connectivity index is 2.03. The molecule has 0 saturated heterocycles. The standard InChI is InChI=1S/C28H30ClN3O4/c1-28(2,3)30-27(34)25(17-20-10-5-4-6-11-20)31(19-21-12-9-14-23(29)16-21)26(33)18-22-13-7-8-15-24(22)32(35)36/h4-16,25H,17-19H2,1-3H3,(H,30,34). The van der Waals surface area contributed by atoms with Crippen molar-refractivity contribution in [3.05, 3.63) is 111 Å². The van der Waals surface area contributed by atoms with Crippen LogP contribution >= 0.6 is 11.6 Å². The number of nitro benzene ring substituents is 1. The molecule has 3 aromatic carbocycles. The van der Waals surface area contributed by atoms with Crippen molar-refractivity contribution in [2.75, 3.05) is 0 Å². The van der Waals surface area contributed by atoms with Gasteiger partial charge >= 0.3 is 0 Å². The molecule has 1 unspecified atom stereocenters. The van der Waals surface area contributed by atoms with Crippen LogP contribution in [0.5, 0.6) is 0 Å². The molecule has 3 aromatic rings. The van der Waals surface area contributed by atoms with E-state index in [-0.39, 0.29) is 31.0 Å². The predicted octanol–water partition coefficient (Wildman–Crippen LogP) is 5.35. The number of amides is 2. The van der Waals surface area contributed by atoms with Crippen molar-refractivity contribution < 1.29 is 14.5 Å². The van der Waals surface area contributed by atoms with Crippen molar-refractivity contribution in [1.29, 1.82) is 0 Å². The van der Waals surface area contributed by atoms with E-state index in [1.807, 2.05) is 57.2 Å². The predicted molar refractivity (Wildman–Crippen MR) is 141 cm³/mol. The summed E-state index contributed by atoms with van der Waals surface area (Å²) in [5.41, 5.74) is 1.28. The molecule has 188 valence electrons. The van der Waals surface area contributed by atoms with Gasteiger partial charge in [0.05, 0.1) is 11.3 Å². The monoisotopic (exact) mass is 507 g/mol. The third kappa shape index (κ3) is 7.65. The lowest BCUT2D eigenvalue weighted by Gasteiger charge is -2.34. The quantitative estimate of drug-likeness (QED) is 0.312. The molecule has 2 amide bonds. The number of carbonyl (C=O) groups is 2. The van der Waals surface area contributed by atoms with Crippen LogP contribution in [0.25, 0.3) is 0 Å². The highest BCUT2D eigenvalue weighted by molar-refractivity contribution is 6.30. The fraction of sp³-hybridized carbons (Fsp3) is 0.286. The summed E-state index contributed by atoms with van der Waals surface area (Å²) in [6.45, 7) is 5.75. The number of hydrogen-bond acceptors (Lipinski definition) is 4. The molecule has 3 rings (SSSR count). The van der Waals surface area contributed by atoms with Crippen molar-refractivity contribution >= 4 is 29.1 Å². The number of nitrogens with one attached hydrogen (secondary N) is 1. The molecule has 0 aliphatic heterocycles. The first-order valence-electron chi connectivity index (χ1n) is 11.7. The summed E-state index contributed by atoms with van der Waals surface area (Å²) >= 11 is 6.19. The maximum absolute atomic E-state index is 13.8. The lowest BCUT2D eigenvalue weighted by atomic mass is 9.99. The molecule has 8 heteroatoms. The van der Waals surface area contributed by atoms with Gasteiger partial charge in [-0.15, -0.1) is 0 Å². The Morgan fingerprint density at radius 1 is 0.972 bits per heavy atom. The Hall–Kier alpha value is -3.71. The minimum Gasteiger partial charge on any atom is -0.350 e. The van der Waals surface area contributed by atoms with Crippen LogP contribution in [-0.4, -0.2) is 33.2 Å². The second kappa shape index (κ2) is 11.8. The Labute approximate surface area is 216 Å². The first-order chi connectivity index (χ1) is 17.0. The topological polar surface area (TPSA) is 92.6 Å². The zero-order valence-corrected chi connectivity index (χ0v) is 21.4. The molecule has 0 fully saturated rings. The zero-order valence-electron chi connectivity index (χ0n) is 20.6. The van der Waals surface area contributed by atoms with E-state index < -0.39 is 22.4 Å². The van der Waals surface area contributed by atoms with Gasteiger partial charge in [-0.25, -0.2) is 0 Å². The van der Waals surface area contributed by atoms with Gasteiger partial charge in [-0.05, 0) is 44.0 Å². The molecule has 0 radical (unpaired) electrons. The number of hydrogen-bond donors (Lipinski definition) is 1. The highest BCUT2D eigenvalue weighted by Gasteiger charge is 2.33. The molecule has 0 aliphatic rings. The van der Waals surface area contributed by atoms with Gasteiger partial charge in [0.2, 0.25) is 11.8 Å². The molecule has 0 spiro atoms. The maximum Gasteiger partial charge on any atom is 0.273 e. The van der Waals surface area contributed by atoms with Crippen molar-refractivity contribution in [3.63, 3.8) is 0 Å². The number of nitro groups is 1. The Bertz CT molecular complexity index is 1220. The summed E-state index contributed by atoms with van der Waals surface area (Å²) in [6.07, 6.45) is 0.0672. The third-order valence-corrected chi connectivity index (χ3v) is 5.78. The van der Waals surface area contributed by atoms with E-state index in [0.717, 1.165) is 11.1 Å². The number of benzene rings is 3. The minimum atomic E-state index is -0.846. The number of carbonyl (C=O) groups excluding carboxylic acids is 2. The van der Waals surface area contributed by atoms with E-state index in [1.165, 1.54) is 11.0 Å². The Morgan fingerprint density at radius 2 is 1.61 bits per heavy atom. The number of rotatable bonds is 9. The lowest BCUT2D eigenvalue weighted by molar-refractivity contribution is -0.385. The second-order valence-electron chi connectivity index (χ2n) is 9.66. The van der Waals surface area contributed by atoms with Gasteiger partial charge in [0.1, 0.15) is 6.04 Å².